The standard InChI is InChI=1S/C34H26ClF4N5O7/c1-32(30(40)46)15-49-27-20(32)12-23(42-26(27)19-8-9-21-28(24(19)35)51-34(38,39)50-21)33(47,18-6-4-3-5-7-18)14-41-29(45)16-10-17-13-44(31(36)37)43-25(17)22(11-16)48-2/h3-13,31,47H,14-15H2,1-2H3,(H2,40,46)(H,41,45)/t32-,33+/m0/s1. The van der Waals surface area contributed by atoms with Crippen molar-refractivity contribution < 1.29 is 51.2 Å². The molecular formula is C34H26ClF4N5O7. The lowest BCUT2D eigenvalue weighted by molar-refractivity contribution is -0.286. The molecule has 4 N–H and O–H groups in total. The normalized spacial score (nSPS) is 18.3. The quantitative estimate of drug-likeness (QED) is 0.172. The van der Waals surface area contributed by atoms with Gasteiger partial charge in [0.05, 0.1) is 24.4 Å². The van der Waals surface area contributed by atoms with Gasteiger partial charge in [0, 0.05) is 28.3 Å². The van der Waals surface area contributed by atoms with Gasteiger partial charge in [-0.05, 0) is 42.8 Å². The molecule has 51 heavy (non-hydrogen) atoms. The Morgan fingerprint density at radius 2 is 1.88 bits per heavy atom. The molecule has 2 amide bonds. The molecule has 7 rings (SSSR count). The first-order chi connectivity index (χ1) is 24.1. The maximum Gasteiger partial charge on any atom is 0.586 e. The molecule has 0 fully saturated rings. The Labute approximate surface area is 290 Å². The van der Waals surface area contributed by atoms with E-state index in [0.29, 0.717) is 4.68 Å². The Hall–Kier alpha value is -5.61. The zero-order valence-corrected chi connectivity index (χ0v) is 27.3. The Balaban J connectivity index is 1.35. The number of pyridine rings is 1. The number of aliphatic hydroxyl groups is 1. The first kappa shape index (κ1) is 33.9. The van der Waals surface area contributed by atoms with Crippen LogP contribution in [0.15, 0.2) is 66.9 Å². The molecule has 0 aliphatic carbocycles. The van der Waals surface area contributed by atoms with Crippen LogP contribution < -0.4 is 30.0 Å². The molecular weight excluding hydrogens is 702 g/mol. The average Bonchev–Trinajstić information content (AvgIpc) is 3.80. The number of hydrogen-bond donors (Lipinski definition) is 3. The number of alkyl halides is 4. The molecule has 0 radical (unpaired) electrons. The summed E-state index contributed by atoms with van der Waals surface area (Å²) in [6.07, 6.45) is -2.91. The van der Waals surface area contributed by atoms with Gasteiger partial charge in [-0.25, -0.2) is 9.67 Å². The smallest absolute Gasteiger partial charge is 0.494 e. The molecule has 4 heterocycles. The van der Waals surface area contributed by atoms with E-state index in [4.69, 9.17) is 31.8 Å². The van der Waals surface area contributed by atoms with E-state index >= 15 is 0 Å². The highest BCUT2D eigenvalue weighted by Crippen LogP contribution is 2.53. The lowest BCUT2D eigenvalue weighted by atomic mass is 9.80. The molecule has 2 aliphatic heterocycles. The third-order valence-corrected chi connectivity index (χ3v) is 9.21. The van der Waals surface area contributed by atoms with Crippen LogP contribution in [0.5, 0.6) is 23.0 Å². The summed E-state index contributed by atoms with van der Waals surface area (Å²) in [6.45, 7) is -2.14. The summed E-state index contributed by atoms with van der Waals surface area (Å²) in [4.78, 5) is 31.1. The van der Waals surface area contributed by atoms with Crippen LogP contribution in [0.25, 0.3) is 22.2 Å². The summed E-state index contributed by atoms with van der Waals surface area (Å²) in [5.74, 6) is -2.17. The van der Waals surface area contributed by atoms with Crippen molar-refractivity contribution in [2.45, 2.75) is 30.8 Å². The monoisotopic (exact) mass is 727 g/mol. The minimum Gasteiger partial charge on any atom is -0.494 e. The summed E-state index contributed by atoms with van der Waals surface area (Å²) in [5, 5.41) is 18.9. The first-order valence-corrected chi connectivity index (χ1v) is 15.5. The largest absolute Gasteiger partial charge is 0.586 e. The molecule has 264 valence electrons. The van der Waals surface area contributed by atoms with E-state index in [0.717, 1.165) is 6.20 Å². The average molecular weight is 728 g/mol. The van der Waals surface area contributed by atoms with Crippen molar-refractivity contribution in [2.75, 3.05) is 20.3 Å². The number of nitrogens with zero attached hydrogens (tertiary/aromatic N) is 3. The van der Waals surface area contributed by atoms with Crippen LogP contribution in [-0.4, -0.2) is 58.2 Å². The van der Waals surface area contributed by atoms with Gasteiger partial charge >= 0.3 is 12.8 Å². The molecule has 2 aromatic heterocycles. The number of halogens is 5. The highest BCUT2D eigenvalue weighted by atomic mass is 35.5. The number of carbonyl (C=O) groups excluding carboxylic acids is 2. The van der Waals surface area contributed by atoms with Gasteiger partial charge in [-0.15, -0.1) is 8.78 Å². The van der Waals surface area contributed by atoms with Gasteiger partial charge in [-0.2, -0.15) is 13.9 Å². The lowest BCUT2D eigenvalue weighted by Crippen LogP contribution is -2.43. The highest BCUT2D eigenvalue weighted by molar-refractivity contribution is 6.35. The fourth-order valence-corrected chi connectivity index (χ4v) is 6.30. The van der Waals surface area contributed by atoms with Crippen molar-refractivity contribution in [2.24, 2.45) is 5.73 Å². The first-order valence-electron chi connectivity index (χ1n) is 15.1. The number of rotatable bonds is 9. The van der Waals surface area contributed by atoms with E-state index in [-0.39, 0.29) is 73.4 Å². The summed E-state index contributed by atoms with van der Waals surface area (Å²) in [7, 11) is 1.30. The molecule has 0 unspecified atom stereocenters. The van der Waals surface area contributed by atoms with E-state index in [9.17, 15) is 32.3 Å². The predicted molar refractivity (Wildman–Crippen MR) is 172 cm³/mol. The molecule has 2 atom stereocenters. The van der Waals surface area contributed by atoms with Crippen LogP contribution in [0, 0.1) is 0 Å². The lowest BCUT2D eigenvalue weighted by Gasteiger charge is -2.30. The number of ether oxygens (including phenoxy) is 4. The number of nitrogens with one attached hydrogen (secondary N) is 1. The van der Waals surface area contributed by atoms with E-state index in [1.807, 2.05) is 0 Å². The van der Waals surface area contributed by atoms with Crippen LogP contribution in [-0.2, 0) is 15.8 Å². The molecule has 12 nitrogen and oxygen atoms in total. The Morgan fingerprint density at radius 3 is 2.57 bits per heavy atom. The van der Waals surface area contributed by atoms with Gasteiger partial charge in [-0.3, -0.25) is 9.59 Å². The van der Waals surface area contributed by atoms with Crippen molar-refractivity contribution in [1.29, 1.82) is 0 Å². The fraction of sp³-hybridized carbons (Fsp3) is 0.235. The molecule has 3 aromatic carbocycles. The Bertz CT molecular complexity index is 2240. The number of primary amides is 1. The van der Waals surface area contributed by atoms with E-state index in [2.05, 4.69) is 19.9 Å². The molecule has 2 aliphatic rings. The van der Waals surface area contributed by atoms with Gasteiger partial charge in [0.1, 0.15) is 40.3 Å². The van der Waals surface area contributed by atoms with Crippen molar-refractivity contribution in [3.63, 3.8) is 0 Å². The SMILES string of the molecule is COc1cc(C(=O)NC[C@@](O)(c2ccccc2)c2cc3c(c(-c4ccc5c(c4Cl)OC(F)(F)O5)n2)OC[C@]3(C)C(N)=O)cc2cn(C(F)F)nc12. The van der Waals surface area contributed by atoms with Gasteiger partial charge in [0.15, 0.2) is 11.5 Å². The molecule has 5 aromatic rings. The number of amides is 2. The molecule has 0 saturated heterocycles. The molecule has 0 bridgehead atoms. The minimum absolute atomic E-state index is 0.00447. The van der Waals surface area contributed by atoms with Crippen molar-refractivity contribution in [1.82, 2.24) is 20.1 Å². The maximum absolute atomic E-state index is 14.0. The van der Waals surface area contributed by atoms with Gasteiger partial charge in [-0.1, -0.05) is 41.9 Å². The highest BCUT2D eigenvalue weighted by Gasteiger charge is 2.48. The number of benzene rings is 3. The second-order valence-electron chi connectivity index (χ2n) is 12.1. The maximum atomic E-state index is 14.0. The van der Waals surface area contributed by atoms with Crippen molar-refractivity contribution >= 4 is 34.3 Å². The number of carbonyl (C=O) groups is 2. The van der Waals surface area contributed by atoms with Gasteiger partial charge < -0.3 is 35.1 Å². The second-order valence-corrected chi connectivity index (χ2v) is 12.4. The zero-order valence-electron chi connectivity index (χ0n) is 26.5. The van der Waals surface area contributed by atoms with Gasteiger partial charge in [0.2, 0.25) is 5.91 Å². The number of hydrogen-bond acceptors (Lipinski definition) is 9. The summed E-state index contributed by atoms with van der Waals surface area (Å²) >= 11 is 6.59. The van der Waals surface area contributed by atoms with E-state index in [1.54, 1.807) is 30.3 Å². The van der Waals surface area contributed by atoms with E-state index in [1.165, 1.54) is 44.4 Å². The Morgan fingerprint density at radius 1 is 1.14 bits per heavy atom. The number of methoxy groups -OCH3 is 1. The third kappa shape index (κ3) is 5.60. The molecule has 0 saturated carbocycles. The van der Waals surface area contributed by atoms with E-state index < -0.39 is 48.0 Å². The minimum atomic E-state index is -3.98. The fourth-order valence-electron chi connectivity index (χ4n) is 6.02. The zero-order chi connectivity index (χ0) is 36.5. The third-order valence-electron chi connectivity index (χ3n) is 8.84. The topological polar surface area (TPSA) is 160 Å². The number of aromatic nitrogens is 3. The summed E-state index contributed by atoms with van der Waals surface area (Å²) < 4.78 is 75.5. The van der Waals surface area contributed by atoms with Gasteiger partial charge in [0.25, 0.3) is 5.91 Å². The van der Waals surface area contributed by atoms with Crippen LogP contribution >= 0.6 is 11.6 Å². The van der Waals surface area contributed by atoms with Crippen LogP contribution in [0.1, 0.15) is 40.7 Å². The number of nitrogens with two attached hydrogens (primary N) is 1. The van der Waals surface area contributed by atoms with Crippen LogP contribution in [0.4, 0.5) is 17.6 Å². The second kappa shape index (κ2) is 12.0. The summed E-state index contributed by atoms with van der Waals surface area (Å²) in [5.41, 5.74) is 2.71. The van der Waals surface area contributed by atoms with Crippen molar-refractivity contribution in [3.05, 3.63) is 94.3 Å². The molecule has 17 heteroatoms. The molecule has 0 spiro atoms. The summed E-state index contributed by atoms with van der Waals surface area (Å²) in [6, 6.07) is 14.7. The Kier molecular flexibility index (Phi) is 7.98. The van der Waals surface area contributed by atoms with Crippen molar-refractivity contribution in [3.8, 4) is 34.3 Å². The predicted octanol–water partition coefficient (Wildman–Crippen LogP) is 5.28. The van der Waals surface area contributed by atoms with Crippen LogP contribution in [0.3, 0.4) is 0 Å². The van der Waals surface area contributed by atoms with Crippen LogP contribution in [0.2, 0.25) is 5.02 Å². The number of fused-ring (bicyclic) bond motifs is 3.